The number of hydrogen-bond donors (Lipinski definition) is 1. The van der Waals surface area contributed by atoms with E-state index < -0.39 is 0 Å². The van der Waals surface area contributed by atoms with E-state index in [1.165, 1.54) is 16.7 Å². The normalized spacial score (nSPS) is 13.5. The number of thiocarbonyl (C=S) groups is 1. The first-order chi connectivity index (χ1) is 7.71. The van der Waals surface area contributed by atoms with Crippen molar-refractivity contribution in [1.29, 1.82) is 0 Å². The molecular formula is C15H23NS. The van der Waals surface area contributed by atoms with E-state index in [1.807, 2.05) is 0 Å². The van der Waals surface area contributed by atoms with Crippen LogP contribution in [-0.4, -0.2) is 4.99 Å². The van der Waals surface area contributed by atoms with Crippen LogP contribution in [0.1, 0.15) is 44.4 Å². The molecule has 0 heterocycles. The summed E-state index contributed by atoms with van der Waals surface area (Å²) < 4.78 is 0. The van der Waals surface area contributed by atoms with Crippen molar-refractivity contribution in [3.05, 3.63) is 34.9 Å². The molecule has 17 heavy (non-hydrogen) atoms. The molecule has 0 bridgehead atoms. The second-order valence-electron chi connectivity index (χ2n) is 5.90. The molecule has 1 rings (SSSR count). The van der Waals surface area contributed by atoms with Gasteiger partial charge in [-0.05, 0) is 35.4 Å². The van der Waals surface area contributed by atoms with Gasteiger partial charge >= 0.3 is 0 Å². The van der Waals surface area contributed by atoms with E-state index in [4.69, 9.17) is 18.0 Å². The van der Waals surface area contributed by atoms with Crippen LogP contribution in [0.5, 0.6) is 0 Å². The van der Waals surface area contributed by atoms with Crippen LogP contribution in [0.4, 0.5) is 0 Å². The SMILES string of the molecule is Cc1ccc(C(C)(C)C)cc1CC(C)C(N)=S. The standard InChI is InChI=1S/C15H23NS/c1-10-6-7-13(15(3,4)5)9-12(10)8-11(2)14(16)17/h6-7,9,11H,8H2,1-5H3,(H2,16,17). The van der Waals surface area contributed by atoms with Crippen LogP contribution in [-0.2, 0) is 11.8 Å². The van der Waals surface area contributed by atoms with Crippen LogP contribution in [0.15, 0.2) is 18.2 Å². The van der Waals surface area contributed by atoms with Crippen LogP contribution >= 0.6 is 12.2 Å². The Kier molecular flexibility index (Phi) is 4.31. The van der Waals surface area contributed by atoms with Crippen molar-refractivity contribution in [1.82, 2.24) is 0 Å². The first-order valence-corrected chi connectivity index (χ1v) is 6.52. The maximum atomic E-state index is 5.69. The Morgan fingerprint density at radius 3 is 2.41 bits per heavy atom. The number of hydrogen-bond acceptors (Lipinski definition) is 1. The van der Waals surface area contributed by atoms with E-state index in [-0.39, 0.29) is 11.3 Å². The lowest BCUT2D eigenvalue weighted by Crippen LogP contribution is -2.21. The zero-order chi connectivity index (χ0) is 13.2. The van der Waals surface area contributed by atoms with Crippen molar-refractivity contribution in [3.63, 3.8) is 0 Å². The zero-order valence-corrected chi connectivity index (χ0v) is 12.3. The topological polar surface area (TPSA) is 26.0 Å². The van der Waals surface area contributed by atoms with Gasteiger partial charge in [-0.3, -0.25) is 0 Å². The molecule has 0 spiro atoms. The number of benzene rings is 1. The van der Waals surface area contributed by atoms with Gasteiger partial charge in [0.1, 0.15) is 0 Å². The molecule has 1 aromatic rings. The highest BCUT2D eigenvalue weighted by Gasteiger charge is 2.16. The minimum Gasteiger partial charge on any atom is -0.393 e. The number of rotatable bonds is 3. The van der Waals surface area contributed by atoms with Gasteiger partial charge in [-0.15, -0.1) is 0 Å². The fourth-order valence-electron chi connectivity index (χ4n) is 1.79. The van der Waals surface area contributed by atoms with Crippen molar-refractivity contribution in [2.45, 2.75) is 46.5 Å². The summed E-state index contributed by atoms with van der Waals surface area (Å²) in [7, 11) is 0. The molecule has 0 aliphatic heterocycles. The van der Waals surface area contributed by atoms with Gasteiger partial charge in [0.05, 0.1) is 4.99 Å². The second-order valence-corrected chi connectivity index (χ2v) is 6.37. The molecule has 0 amide bonds. The smallest absolute Gasteiger partial charge is 0.0759 e. The van der Waals surface area contributed by atoms with Gasteiger partial charge in [0.15, 0.2) is 0 Å². The largest absolute Gasteiger partial charge is 0.393 e. The van der Waals surface area contributed by atoms with Crippen molar-refractivity contribution in [2.75, 3.05) is 0 Å². The Bertz CT molecular complexity index is 415. The summed E-state index contributed by atoms with van der Waals surface area (Å²) in [5.41, 5.74) is 9.93. The Balaban J connectivity index is 3.03. The summed E-state index contributed by atoms with van der Waals surface area (Å²) in [6, 6.07) is 6.70. The molecule has 0 aliphatic rings. The van der Waals surface area contributed by atoms with Crippen LogP contribution in [0.25, 0.3) is 0 Å². The molecule has 1 unspecified atom stereocenters. The number of nitrogens with two attached hydrogens (primary N) is 1. The van der Waals surface area contributed by atoms with E-state index in [0.29, 0.717) is 4.99 Å². The Labute approximate surface area is 110 Å². The monoisotopic (exact) mass is 249 g/mol. The molecular weight excluding hydrogens is 226 g/mol. The highest BCUT2D eigenvalue weighted by atomic mass is 32.1. The maximum absolute atomic E-state index is 5.69. The minimum atomic E-state index is 0.189. The van der Waals surface area contributed by atoms with Crippen LogP contribution < -0.4 is 5.73 Å². The third-order valence-corrected chi connectivity index (χ3v) is 3.63. The van der Waals surface area contributed by atoms with Gasteiger partial charge < -0.3 is 5.73 Å². The van der Waals surface area contributed by atoms with Crippen molar-refractivity contribution >= 4 is 17.2 Å². The molecule has 94 valence electrons. The average molecular weight is 249 g/mol. The van der Waals surface area contributed by atoms with Gasteiger partial charge in [-0.1, -0.05) is 58.1 Å². The van der Waals surface area contributed by atoms with Gasteiger partial charge in [-0.25, -0.2) is 0 Å². The van der Waals surface area contributed by atoms with Gasteiger partial charge in [0, 0.05) is 5.92 Å². The maximum Gasteiger partial charge on any atom is 0.0759 e. The molecule has 0 saturated heterocycles. The van der Waals surface area contributed by atoms with Crippen molar-refractivity contribution < 1.29 is 0 Å². The molecule has 0 fully saturated rings. The lowest BCUT2D eigenvalue weighted by molar-refractivity contribution is 0.588. The molecule has 2 N–H and O–H groups in total. The first-order valence-electron chi connectivity index (χ1n) is 6.11. The Morgan fingerprint density at radius 1 is 1.35 bits per heavy atom. The highest BCUT2D eigenvalue weighted by Crippen LogP contribution is 2.25. The van der Waals surface area contributed by atoms with E-state index in [2.05, 4.69) is 52.8 Å². The fourth-order valence-corrected chi connectivity index (χ4v) is 1.87. The van der Waals surface area contributed by atoms with Gasteiger partial charge in [-0.2, -0.15) is 0 Å². The molecule has 0 saturated carbocycles. The predicted octanol–water partition coefficient (Wildman–Crippen LogP) is 3.76. The van der Waals surface area contributed by atoms with Crippen molar-refractivity contribution in [3.8, 4) is 0 Å². The average Bonchev–Trinajstić information content (AvgIpc) is 2.19. The summed E-state index contributed by atoms with van der Waals surface area (Å²) in [4.78, 5) is 0.602. The lowest BCUT2D eigenvalue weighted by atomic mass is 9.84. The zero-order valence-electron chi connectivity index (χ0n) is 11.5. The van der Waals surface area contributed by atoms with E-state index in [9.17, 15) is 0 Å². The summed E-state index contributed by atoms with van der Waals surface area (Å²) >= 11 is 5.04. The molecule has 0 radical (unpaired) electrons. The third kappa shape index (κ3) is 3.81. The first kappa shape index (κ1) is 14.2. The summed E-state index contributed by atoms with van der Waals surface area (Å²) in [6.07, 6.45) is 0.936. The van der Waals surface area contributed by atoms with Crippen LogP contribution in [0.3, 0.4) is 0 Å². The third-order valence-electron chi connectivity index (χ3n) is 3.23. The Morgan fingerprint density at radius 2 is 1.94 bits per heavy atom. The van der Waals surface area contributed by atoms with Crippen molar-refractivity contribution in [2.24, 2.45) is 11.7 Å². The lowest BCUT2D eigenvalue weighted by Gasteiger charge is -2.21. The second kappa shape index (κ2) is 5.18. The predicted molar refractivity (Wildman–Crippen MR) is 79.5 cm³/mol. The molecule has 1 aromatic carbocycles. The summed E-state index contributed by atoms with van der Waals surface area (Å²) in [5, 5.41) is 0. The quantitative estimate of drug-likeness (QED) is 0.826. The van der Waals surface area contributed by atoms with E-state index in [1.54, 1.807) is 0 Å². The van der Waals surface area contributed by atoms with Crippen LogP contribution in [0, 0.1) is 12.8 Å². The minimum absolute atomic E-state index is 0.189. The summed E-state index contributed by atoms with van der Waals surface area (Å²) in [5.74, 6) is 0.263. The molecule has 1 nitrogen and oxygen atoms in total. The molecule has 2 heteroatoms. The summed E-state index contributed by atoms with van der Waals surface area (Å²) in [6.45, 7) is 10.9. The van der Waals surface area contributed by atoms with E-state index in [0.717, 1.165) is 6.42 Å². The van der Waals surface area contributed by atoms with Crippen LogP contribution in [0.2, 0.25) is 0 Å². The van der Waals surface area contributed by atoms with Gasteiger partial charge in [0.25, 0.3) is 0 Å². The molecule has 1 atom stereocenters. The number of aryl methyl sites for hydroxylation is 1. The highest BCUT2D eigenvalue weighted by molar-refractivity contribution is 7.80. The molecule has 0 aromatic heterocycles. The fraction of sp³-hybridized carbons (Fsp3) is 0.533. The molecule has 0 aliphatic carbocycles. The Hall–Kier alpha value is -0.890. The van der Waals surface area contributed by atoms with Gasteiger partial charge in [0.2, 0.25) is 0 Å². The van der Waals surface area contributed by atoms with E-state index >= 15 is 0 Å².